The van der Waals surface area contributed by atoms with E-state index in [4.69, 9.17) is 21.5 Å². The van der Waals surface area contributed by atoms with Crippen molar-refractivity contribution < 1.29 is 36.3 Å². The molecule has 0 saturated heterocycles. The van der Waals surface area contributed by atoms with Crippen molar-refractivity contribution in [1.29, 1.82) is 0 Å². The van der Waals surface area contributed by atoms with Crippen LogP contribution in [0, 0.1) is 6.92 Å². The Bertz CT molecular complexity index is 1150. The first-order valence-electron chi connectivity index (χ1n) is 10.2. The van der Waals surface area contributed by atoms with Crippen molar-refractivity contribution >= 4 is 39.2 Å². The summed E-state index contributed by atoms with van der Waals surface area (Å²) in [6.07, 6.45) is -2.56. The highest BCUT2D eigenvalue weighted by Crippen LogP contribution is 2.48. The standard InChI is InChI=1S/C20H23ClN2O3S.C2HF3O2/c1-3-12-22-19(24)20(10-11-20)15-5-7-16(8-6-15)23-27(25,26)17-9-4-14(2)18(21)13-17;3-2(4,5)1(6)7/h4-9,13,23H,3,10-12H2,1-2H3,(H,22,24);(H,6,7). The number of rotatable bonds is 7. The second kappa shape index (κ2) is 10.6. The number of halogens is 4. The first-order valence-corrected chi connectivity index (χ1v) is 12.1. The number of amides is 1. The number of carboxylic acid groups (broad SMARTS) is 1. The third kappa shape index (κ3) is 6.86. The quantitative estimate of drug-likeness (QED) is 0.492. The molecule has 1 fully saturated rings. The molecule has 0 atom stereocenters. The number of carboxylic acids is 1. The maximum atomic E-state index is 12.6. The van der Waals surface area contributed by atoms with Crippen LogP contribution in [0.4, 0.5) is 18.9 Å². The molecule has 34 heavy (non-hydrogen) atoms. The number of carbonyl (C=O) groups excluding carboxylic acids is 1. The molecule has 3 rings (SSSR count). The lowest BCUT2D eigenvalue weighted by atomic mass is 9.95. The second-order valence-electron chi connectivity index (χ2n) is 7.73. The van der Waals surface area contributed by atoms with E-state index in [9.17, 15) is 26.4 Å². The van der Waals surface area contributed by atoms with Crippen molar-refractivity contribution in [1.82, 2.24) is 5.32 Å². The van der Waals surface area contributed by atoms with Crippen LogP contribution in [-0.2, 0) is 25.0 Å². The molecule has 0 aliphatic heterocycles. The molecule has 1 aliphatic carbocycles. The molecule has 2 aromatic rings. The normalized spacial score (nSPS) is 14.4. The Kier molecular flexibility index (Phi) is 8.59. The van der Waals surface area contributed by atoms with Gasteiger partial charge in [-0.1, -0.05) is 36.7 Å². The summed E-state index contributed by atoms with van der Waals surface area (Å²) >= 11 is 6.04. The van der Waals surface area contributed by atoms with Gasteiger partial charge in [0.15, 0.2) is 0 Å². The molecular weight excluding hydrogens is 497 g/mol. The number of hydrogen-bond donors (Lipinski definition) is 3. The monoisotopic (exact) mass is 520 g/mol. The molecule has 0 unspecified atom stereocenters. The van der Waals surface area contributed by atoms with Crippen LogP contribution in [-0.4, -0.2) is 38.1 Å². The van der Waals surface area contributed by atoms with E-state index in [0.717, 1.165) is 30.4 Å². The summed E-state index contributed by atoms with van der Waals surface area (Å²) in [7, 11) is -3.73. The van der Waals surface area contributed by atoms with Crippen molar-refractivity contribution in [2.45, 2.75) is 49.6 Å². The van der Waals surface area contributed by atoms with Gasteiger partial charge in [0.2, 0.25) is 5.91 Å². The van der Waals surface area contributed by atoms with E-state index in [1.165, 1.54) is 12.1 Å². The summed E-state index contributed by atoms with van der Waals surface area (Å²) in [5.74, 6) is -2.71. The minimum absolute atomic E-state index is 0.0481. The van der Waals surface area contributed by atoms with Crippen molar-refractivity contribution in [3.63, 3.8) is 0 Å². The topological polar surface area (TPSA) is 113 Å². The van der Waals surface area contributed by atoms with Crippen molar-refractivity contribution in [3.8, 4) is 0 Å². The molecule has 0 aromatic heterocycles. The maximum Gasteiger partial charge on any atom is 0.490 e. The van der Waals surface area contributed by atoms with Gasteiger partial charge >= 0.3 is 12.1 Å². The van der Waals surface area contributed by atoms with E-state index in [1.807, 2.05) is 26.0 Å². The molecule has 0 bridgehead atoms. The number of nitrogens with one attached hydrogen (secondary N) is 2. The molecule has 1 saturated carbocycles. The van der Waals surface area contributed by atoms with Crippen LogP contribution in [0.5, 0.6) is 0 Å². The Morgan fingerprint density at radius 1 is 1.12 bits per heavy atom. The molecule has 2 aromatic carbocycles. The zero-order valence-corrected chi connectivity index (χ0v) is 19.9. The SMILES string of the molecule is CCCNC(=O)C1(c2ccc(NS(=O)(=O)c3ccc(C)c(Cl)c3)cc2)CC1.O=C(O)C(F)(F)F. The number of anilines is 1. The van der Waals surface area contributed by atoms with Gasteiger partial charge in [0.05, 0.1) is 10.3 Å². The Morgan fingerprint density at radius 2 is 1.68 bits per heavy atom. The maximum absolute atomic E-state index is 12.6. The Hall–Kier alpha value is -2.79. The van der Waals surface area contributed by atoms with E-state index in [0.29, 0.717) is 17.3 Å². The van der Waals surface area contributed by atoms with Crippen LogP contribution >= 0.6 is 11.6 Å². The van der Waals surface area contributed by atoms with Gasteiger partial charge in [0.25, 0.3) is 10.0 Å². The number of aliphatic carboxylic acids is 1. The van der Waals surface area contributed by atoms with Crippen LogP contribution in [0.25, 0.3) is 0 Å². The fourth-order valence-corrected chi connectivity index (χ4v) is 4.32. The number of aryl methyl sites for hydroxylation is 1. The van der Waals surface area contributed by atoms with E-state index >= 15 is 0 Å². The third-order valence-corrected chi connectivity index (χ3v) is 6.89. The number of hydrogen-bond acceptors (Lipinski definition) is 4. The molecule has 0 radical (unpaired) electrons. The van der Waals surface area contributed by atoms with Gasteiger partial charge in [-0.15, -0.1) is 0 Å². The average Bonchev–Trinajstić information content (AvgIpc) is 3.56. The fraction of sp³-hybridized carbons (Fsp3) is 0.364. The Labute approximate surface area is 200 Å². The highest BCUT2D eigenvalue weighted by atomic mass is 35.5. The minimum atomic E-state index is -5.08. The van der Waals surface area contributed by atoms with Crippen LogP contribution in [0.3, 0.4) is 0 Å². The molecule has 12 heteroatoms. The van der Waals surface area contributed by atoms with E-state index in [-0.39, 0.29) is 10.8 Å². The lowest BCUT2D eigenvalue weighted by Gasteiger charge is -2.16. The predicted octanol–water partition coefficient (Wildman–Crippen LogP) is 4.64. The van der Waals surface area contributed by atoms with Gasteiger partial charge in [-0.25, -0.2) is 13.2 Å². The predicted molar refractivity (Wildman–Crippen MR) is 121 cm³/mol. The fourth-order valence-electron chi connectivity index (χ4n) is 2.99. The first kappa shape index (κ1) is 27.5. The van der Waals surface area contributed by atoms with Gasteiger partial charge in [-0.2, -0.15) is 13.2 Å². The molecule has 1 aliphatic rings. The van der Waals surface area contributed by atoms with Crippen molar-refractivity contribution in [2.24, 2.45) is 0 Å². The Balaban J connectivity index is 0.000000509. The molecule has 1 amide bonds. The van der Waals surface area contributed by atoms with Gasteiger partial charge < -0.3 is 10.4 Å². The molecule has 186 valence electrons. The summed E-state index contributed by atoms with van der Waals surface area (Å²) in [6.45, 7) is 4.49. The lowest BCUT2D eigenvalue weighted by Crippen LogP contribution is -2.35. The zero-order valence-electron chi connectivity index (χ0n) is 18.4. The number of benzene rings is 2. The minimum Gasteiger partial charge on any atom is -0.475 e. The van der Waals surface area contributed by atoms with E-state index < -0.39 is 27.6 Å². The molecule has 0 spiro atoms. The summed E-state index contributed by atoms with van der Waals surface area (Å²) in [5.41, 5.74) is 1.71. The van der Waals surface area contributed by atoms with Crippen molar-refractivity contribution in [3.05, 3.63) is 58.6 Å². The highest BCUT2D eigenvalue weighted by Gasteiger charge is 2.51. The summed E-state index contributed by atoms with van der Waals surface area (Å²) < 4.78 is 59.4. The summed E-state index contributed by atoms with van der Waals surface area (Å²) in [4.78, 5) is 21.4. The molecule has 3 N–H and O–H groups in total. The smallest absolute Gasteiger partial charge is 0.475 e. The number of sulfonamides is 1. The lowest BCUT2D eigenvalue weighted by molar-refractivity contribution is -0.192. The molecular formula is C22H24ClF3N2O5S. The van der Waals surface area contributed by atoms with Gasteiger partial charge in [-0.05, 0) is 61.6 Å². The van der Waals surface area contributed by atoms with Crippen LogP contribution < -0.4 is 10.0 Å². The third-order valence-electron chi connectivity index (χ3n) is 5.11. The molecule has 7 nitrogen and oxygen atoms in total. The largest absolute Gasteiger partial charge is 0.490 e. The second-order valence-corrected chi connectivity index (χ2v) is 9.82. The van der Waals surface area contributed by atoms with E-state index in [2.05, 4.69) is 10.0 Å². The number of carbonyl (C=O) groups is 2. The summed E-state index contributed by atoms with van der Waals surface area (Å²) in [5, 5.41) is 10.5. The van der Waals surface area contributed by atoms with Crippen LogP contribution in [0.1, 0.15) is 37.3 Å². The first-order chi connectivity index (χ1) is 15.7. The highest BCUT2D eigenvalue weighted by molar-refractivity contribution is 7.92. The van der Waals surface area contributed by atoms with Gasteiger partial charge in [0.1, 0.15) is 0 Å². The van der Waals surface area contributed by atoms with Gasteiger partial charge in [0, 0.05) is 17.3 Å². The average molecular weight is 521 g/mol. The van der Waals surface area contributed by atoms with Crippen LogP contribution in [0.15, 0.2) is 47.4 Å². The van der Waals surface area contributed by atoms with E-state index in [1.54, 1.807) is 18.2 Å². The summed E-state index contributed by atoms with van der Waals surface area (Å²) in [6, 6.07) is 11.6. The van der Waals surface area contributed by atoms with Crippen molar-refractivity contribution in [2.75, 3.05) is 11.3 Å². The molecule has 0 heterocycles. The Morgan fingerprint density at radius 3 is 2.12 bits per heavy atom. The number of alkyl halides is 3. The zero-order chi connectivity index (χ0) is 25.7. The van der Waals surface area contributed by atoms with Crippen LogP contribution in [0.2, 0.25) is 5.02 Å². The van der Waals surface area contributed by atoms with Gasteiger partial charge in [-0.3, -0.25) is 9.52 Å².